The average Bonchev–Trinajstić information content (AvgIpc) is 3.32. The van der Waals surface area contributed by atoms with Crippen molar-refractivity contribution in [3.05, 3.63) is 59.7 Å². The molecule has 5 rings (SSSR count). The van der Waals surface area contributed by atoms with Crippen LogP contribution in [0.3, 0.4) is 0 Å². The number of amides is 2. The van der Waals surface area contributed by atoms with Crippen molar-refractivity contribution in [3.8, 4) is 0 Å². The predicted octanol–water partition coefficient (Wildman–Crippen LogP) is 3.35. The molecular weight excluding hydrogens is 498 g/mol. The van der Waals surface area contributed by atoms with Crippen molar-refractivity contribution in [2.45, 2.75) is 63.1 Å². The third-order valence-corrected chi connectivity index (χ3v) is 11.0. The van der Waals surface area contributed by atoms with E-state index in [1.807, 2.05) is 68.5 Å². The van der Waals surface area contributed by atoms with E-state index in [0.717, 1.165) is 30.6 Å². The monoisotopic (exact) mass is 537 g/mol. The minimum absolute atomic E-state index is 0.0306. The first-order valence-electron chi connectivity index (χ1n) is 13.7. The number of hydrogen-bond donors (Lipinski definition) is 4. The molecule has 3 aliphatic heterocycles. The van der Waals surface area contributed by atoms with Gasteiger partial charge in [0.15, 0.2) is 13.9 Å². The van der Waals surface area contributed by atoms with Crippen LogP contribution in [0.4, 0.5) is 11.4 Å². The van der Waals surface area contributed by atoms with Crippen molar-refractivity contribution in [1.29, 1.82) is 0 Å². The first kappa shape index (κ1) is 27.0. The molecule has 4 N–H and O–H groups in total. The highest BCUT2D eigenvalue weighted by molar-refractivity contribution is 6.71. The Morgan fingerprint density at radius 2 is 2.00 bits per heavy atom. The number of nitrogens with one attached hydrogen (secondary N) is 2. The summed E-state index contributed by atoms with van der Waals surface area (Å²) in [6, 6.07) is 15.5. The van der Waals surface area contributed by atoms with Crippen LogP contribution in [0.5, 0.6) is 0 Å². The molecule has 2 aromatic rings. The van der Waals surface area contributed by atoms with E-state index in [-0.39, 0.29) is 35.8 Å². The Kier molecular flexibility index (Phi) is 7.50. The van der Waals surface area contributed by atoms with Gasteiger partial charge in [-0.3, -0.25) is 9.59 Å². The number of benzene rings is 2. The molecule has 5 atom stereocenters. The molecule has 1 spiro atoms. The largest absolute Gasteiger partial charge is 0.432 e. The van der Waals surface area contributed by atoms with E-state index in [1.165, 1.54) is 0 Å². The quantitative estimate of drug-likeness (QED) is 0.403. The van der Waals surface area contributed by atoms with Crippen LogP contribution < -0.4 is 15.5 Å². The van der Waals surface area contributed by atoms with Crippen molar-refractivity contribution in [1.82, 2.24) is 5.32 Å². The van der Waals surface area contributed by atoms with E-state index in [2.05, 4.69) is 10.6 Å². The Bertz CT molecular complexity index is 1180. The highest BCUT2D eigenvalue weighted by Gasteiger charge is 2.66. The van der Waals surface area contributed by atoms with Gasteiger partial charge >= 0.3 is 0 Å². The molecule has 38 heavy (non-hydrogen) atoms. The number of carbonyl (C=O) groups is 2. The summed E-state index contributed by atoms with van der Waals surface area (Å²) in [7, 11) is -2.77. The van der Waals surface area contributed by atoms with Crippen LogP contribution in [0.25, 0.3) is 0 Å². The maximum Gasteiger partial charge on any atom is 0.264 e. The number of piperidine rings is 1. The van der Waals surface area contributed by atoms with Crippen LogP contribution in [-0.2, 0) is 26.5 Å². The highest BCUT2D eigenvalue weighted by atomic mass is 28.4. The third kappa shape index (κ3) is 4.71. The fourth-order valence-corrected chi connectivity index (χ4v) is 9.40. The van der Waals surface area contributed by atoms with Crippen LogP contribution in [0.2, 0.25) is 18.6 Å². The second kappa shape index (κ2) is 10.5. The van der Waals surface area contributed by atoms with E-state index in [4.69, 9.17) is 4.74 Å². The molecule has 0 aromatic heterocycles. The number of fused-ring (bicyclic) bond motifs is 2. The van der Waals surface area contributed by atoms with Crippen molar-refractivity contribution >= 4 is 31.5 Å². The van der Waals surface area contributed by atoms with Crippen molar-refractivity contribution in [3.63, 3.8) is 0 Å². The number of nitrogens with zero attached hydrogens (tertiary/aromatic N) is 1. The standard InChI is InChI=1S/C29H39N3O5Si/c1-19-26(38(2,3)36)25(13-15-33)37-29(19)23-16-22(31-27(34)21-10-7-14-30-17-21)11-12-24(23)32(28(29)35)18-20-8-5-4-6-9-20/h4-6,8-9,11-12,16,19,21,25-26,30,33,36H,7,10,13-15,17-18H2,1-3H3,(H,31,34)/t19-,21?,25+,26-,29+/m1/s1. The lowest BCUT2D eigenvalue weighted by Gasteiger charge is -2.32. The first-order chi connectivity index (χ1) is 18.2. The zero-order valence-corrected chi connectivity index (χ0v) is 23.4. The van der Waals surface area contributed by atoms with Gasteiger partial charge in [-0.1, -0.05) is 37.3 Å². The Balaban J connectivity index is 1.56. The number of anilines is 2. The maximum absolute atomic E-state index is 14.4. The summed E-state index contributed by atoms with van der Waals surface area (Å²) in [4.78, 5) is 40.4. The molecule has 0 aliphatic carbocycles. The average molecular weight is 538 g/mol. The normalized spacial score (nSPS) is 29.1. The minimum Gasteiger partial charge on any atom is -0.432 e. The van der Waals surface area contributed by atoms with E-state index in [0.29, 0.717) is 30.8 Å². The molecule has 204 valence electrons. The van der Waals surface area contributed by atoms with Crippen molar-refractivity contribution < 1.29 is 24.2 Å². The SMILES string of the molecule is C[C@@H]1[C@@H]([Si](C)(C)O)[C@H](CCO)O[C@@]12C(=O)N(Cc1ccccc1)c1ccc(NC(=O)C3CCCNC3)cc12. The van der Waals surface area contributed by atoms with E-state index < -0.39 is 20.0 Å². The molecule has 0 radical (unpaired) electrons. The van der Waals surface area contributed by atoms with Gasteiger partial charge in [0.25, 0.3) is 5.91 Å². The van der Waals surface area contributed by atoms with Crippen molar-refractivity contribution in [2.24, 2.45) is 11.8 Å². The lowest BCUT2D eigenvalue weighted by Crippen LogP contribution is -2.46. The Hall–Kier alpha value is -2.56. The summed E-state index contributed by atoms with van der Waals surface area (Å²) >= 11 is 0. The molecule has 2 aromatic carbocycles. The van der Waals surface area contributed by atoms with Crippen molar-refractivity contribution in [2.75, 3.05) is 29.9 Å². The van der Waals surface area contributed by atoms with Crippen LogP contribution >= 0.6 is 0 Å². The zero-order valence-electron chi connectivity index (χ0n) is 22.4. The fraction of sp³-hybridized carbons (Fsp3) is 0.517. The molecule has 3 aliphatic rings. The number of rotatable bonds is 7. The Morgan fingerprint density at radius 3 is 2.66 bits per heavy atom. The van der Waals surface area contributed by atoms with E-state index in [9.17, 15) is 19.5 Å². The summed E-state index contributed by atoms with van der Waals surface area (Å²) in [5.74, 6) is -0.598. The van der Waals surface area contributed by atoms with Gasteiger partial charge < -0.3 is 30.2 Å². The number of hydrogen-bond acceptors (Lipinski definition) is 6. The van der Waals surface area contributed by atoms with Gasteiger partial charge in [0.2, 0.25) is 5.91 Å². The van der Waals surface area contributed by atoms with Gasteiger partial charge in [0.1, 0.15) is 0 Å². The first-order valence-corrected chi connectivity index (χ1v) is 16.7. The molecule has 2 amide bonds. The topological polar surface area (TPSA) is 111 Å². The number of aliphatic hydroxyl groups excluding tert-OH is 1. The number of aliphatic hydroxyl groups is 1. The lowest BCUT2D eigenvalue weighted by atomic mass is 9.82. The lowest BCUT2D eigenvalue weighted by molar-refractivity contribution is -0.146. The molecule has 2 fully saturated rings. The molecule has 8 nitrogen and oxygen atoms in total. The summed E-state index contributed by atoms with van der Waals surface area (Å²) in [6.45, 7) is 7.62. The zero-order chi connectivity index (χ0) is 27.1. The summed E-state index contributed by atoms with van der Waals surface area (Å²) in [5, 5.41) is 16.2. The Morgan fingerprint density at radius 1 is 1.24 bits per heavy atom. The van der Waals surface area contributed by atoms with Gasteiger partial charge in [-0.05, 0) is 62.7 Å². The third-order valence-electron chi connectivity index (χ3n) is 8.52. The highest BCUT2D eigenvalue weighted by Crippen LogP contribution is 2.60. The van der Waals surface area contributed by atoms with Crippen LogP contribution in [0.1, 0.15) is 37.3 Å². The molecule has 0 saturated carbocycles. The van der Waals surface area contributed by atoms with Gasteiger partial charge in [0, 0.05) is 35.9 Å². The molecule has 9 heteroatoms. The maximum atomic E-state index is 14.4. The molecule has 0 bridgehead atoms. The van der Waals surface area contributed by atoms with E-state index >= 15 is 0 Å². The summed E-state index contributed by atoms with van der Waals surface area (Å²) in [5.41, 5.74) is 1.56. The summed E-state index contributed by atoms with van der Waals surface area (Å²) < 4.78 is 6.69. The smallest absolute Gasteiger partial charge is 0.264 e. The van der Waals surface area contributed by atoms with Crippen LogP contribution in [0.15, 0.2) is 48.5 Å². The molecule has 3 heterocycles. The Labute approximate surface area is 225 Å². The predicted molar refractivity (Wildman–Crippen MR) is 149 cm³/mol. The number of carbonyl (C=O) groups excluding carboxylic acids is 2. The molecular formula is C29H39N3O5Si. The second-order valence-corrected chi connectivity index (χ2v) is 15.5. The minimum atomic E-state index is -2.77. The summed E-state index contributed by atoms with van der Waals surface area (Å²) in [6.07, 6.45) is 1.72. The molecule has 1 unspecified atom stereocenters. The van der Waals surface area contributed by atoms with Crippen LogP contribution in [-0.4, -0.2) is 55.8 Å². The fourth-order valence-electron chi connectivity index (χ4n) is 6.80. The molecule has 2 saturated heterocycles. The van der Waals surface area contributed by atoms with Gasteiger partial charge in [0.05, 0.1) is 24.3 Å². The second-order valence-electron chi connectivity index (χ2n) is 11.5. The van der Waals surface area contributed by atoms with Gasteiger partial charge in [-0.2, -0.15) is 0 Å². The number of ether oxygens (including phenoxy) is 1. The van der Waals surface area contributed by atoms with E-state index in [1.54, 1.807) is 4.90 Å². The van der Waals surface area contributed by atoms with Crippen LogP contribution in [0, 0.1) is 11.8 Å². The van der Waals surface area contributed by atoms with Gasteiger partial charge in [-0.25, -0.2) is 0 Å². The van der Waals surface area contributed by atoms with Gasteiger partial charge in [-0.15, -0.1) is 0 Å².